The number of esters is 2. The van der Waals surface area contributed by atoms with Gasteiger partial charge < -0.3 is 19.5 Å². The van der Waals surface area contributed by atoms with Crippen molar-refractivity contribution in [1.82, 2.24) is 5.32 Å². The first-order valence-corrected chi connectivity index (χ1v) is 17.5. The maximum absolute atomic E-state index is 14.0. The van der Waals surface area contributed by atoms with Gasteiger partial charge in [-0.2, -0.15) is 13.2 Å². The number of alkyl halides is 3. The van der Waals surface area contributed by atoms with Crippen LogP contribution in [0.25, 0.3) is 10.4 Å². The molecule has 0 unspecified atom stereocenters. The van der Waals surface area contributed by atoms with Crippen molar-refractivity contribution in [3.8, 4) is 16.2 Å². The second kappa shape index (κ2) is 14.3. The van der Waals surface area contributed by atoms with Crippen LogP contribution >= 0.6 is 27.3 Å². The van der Waals surface area contributed by atoms with E-state index in [1.165, 1.54) is 23.5 Å². The van der Waals surface area contributed by atoms with Gasteiger partial charge in [-0.05, 0) is 92.0 Å². The Bertz CT molecular complexity index is 1680. The first-order valence-electron chi connectivity index (χ1n) is 14.2. The number of anilines is 1. The molecule has 0 saturated carbocycles. The van der Waals surface area contributed by atoms with E-state index in [2.05, 4.69) is 21.2 Å². The fourth-order valence-corrected chi connectivity index (χ4v) is 8.79. The monoisotopic (exact) mass is 746 g/mol. The summed E-state index contributed by atoms with van der Waals surface area (Å²) in [6.45, 7) is 5.79. The van der Waals surface area contributed by atoms with Gasteiger partial charge in [-0.3, -0.25) is 4.31 Å². The molecule has 0 atom stereocenters. The summed E-state index contributed by atoms with van der Waals surface area (Å²) < 4.78 is 85.7. The number of methoxy groups -OCH3 is 1. The molecule has 0 aliphatic carbocycles. The minimum absolute atomic E-state index is 0.0143. The minimum atomic E-state index is -4.62. The maximum atomic E-state index is 14.0. The third-order valence-electron chi connectivity index (χ3n) is 6.84. The lowest BCUT2D eigenvalue weighted by Crippen LogP contribution is -2.46. The lowest BCUT2D eigenvalue weighted by atomic mass is 10.1. The van der Waals surface area contributed by atoms with Crippen LogP contribution in [0.5, 0.6) is 5.75 Å². The van der Waals surface area contributed by atoms with E-state index in [9.17, 15) is 31.2 Å². The number of benzene rings is 2. The lowest BCUT2D eigenvalue weighted by molar-refractivity contribution is -0.157. The van der Waals surface area contributed by atoms with Gasteiger partial charge in [-0.25, -0.2) is 18.0 Å². The van der Waals surface area contributed by atoms with Crippen LogP contribution < -0.4 is 14.4 Å². The SMILES string of the molecule is COC(=O)c1sc(-c2cccc(N(C3CCNCC3)S(=O)(=O)Cc3cccc(C(F)(F)F)c3)c2)c(Br)c1OCC(=O)OC(C)(C)C. The first-order chi connectivity index (χ1) is 21.5. The Kier molecular flexibility index (Phi) is 11.1. The van der Waals surface area contributed by atoms with Crippen LogP contribution in [0.15, 0.2) is 53.0 Å². The van der Waals surface area contributed by atoms with Gasteiger partial charge in [0, 0.05) is 6.04 Å². The Balaban J connectivity index is 1.73. The van der Waals surface area contributed by atoms with E-state index in [1.807, 2.05) is 0 Å². The molecule has 15 heteroatoms. The maximum Gasteiger partial charge on any atom is 0.416 e. The number of thiophene rings is 1. The number of carbonyl (C=O) groups excluding carboxylic acids is 2. The summed E-state index contributed by atoms with van der Waals surface area (Å²) >= 11 is 4.51. The fourth-order valence-electron chi connectivity index (χ4n) is 4.98. The summed E-state index contributed by atoms with van der Waals surface area (Å²) in [7, 11) is -2.96. The fraction of sp³-hybridized carbons (Fsp3) is 0.419. The number of nitrogens with one attached hydrogen (secondary N) is 1. The number of ether oxygens (including phenoxy) is 3. The van der Waals surface area contributed by atoms with E-state index in [1.54, 1.807) is 45.0 Å². The molecule has 1 N–H and O–H groups in total. The van der Waals surface area contributed by atoms with Crippen molar-refractivity contribution in [1.29, 1.82) is 0 Å². The van der Waals surface area contributed by atoms with Crippen LogP contribution in [0.1, 0.15) is 54.4 Å². The van der Waals surface area contributed by atoms with Gasteiger partial charge in [-0.1, -0.05) is 30.3 Å². The standard InChI is InChI=1S/C31H34BrF3N2O7S2/c1-30(2,3)44-24(38)17-43-26-25(32)27(45-28(26)29(39)42-4)20-8-6-10-23(16-20)37(22-11-13-36-14-12-22)46(40,41)18-19-7-5-9-21(15-19)31(33,34)35/h5-10,15-16,22,36H,11-14,17-18H2,1-4H3. The number of halogens is 4. The number of sulfonamides is 1. The predicted molar refractivity (Wildman–Crippen MR) is 173 cm³/mol. The van der Waals surface area contributed by atoms with E-state index in [-0.39, 0.29) is 16.2 Å². The molecule has 2 heterocycles. The normalized spacial score (nSPS) is 14.5. The third kappa shape index (κ3) is 8.81. The Morgan fingerprint density at radius 2 is 1.74 bits per heavy atom. The van der Waals surface area contributed by atoms with Gasteiger partial charge in [0.25, 0.3) is 0 Å². The Morgan fingerprint density at radius 3 is 2.37 bits per heavy atom. The molecule has 250 valence electrons. The van der Waals surface area contributed by atoms with Gasteiger partial charge in [0.15, 0.2) is 17.2 Å². The van der Waals surface area contributed by atoms with Gasteiger partial charge >= 0.3 is 18.1 Å². The third-order valence-corrected chi connectivity index (χ3v) is 10.9. The average molecular weight is 748 g/mol. The van der Waals surface area contributed by atoms with Crippen molar-refractivity contribution in [3.63, 3.8) is 0 Å². The zero-order valence-electron chi connectivity index (χ0n) is 25.6. The number of piperidine rings is 1. The summed E-state index contributed by atoms with van der Waals surface area (Å²) in [5, 5.41) is 3.21. The Labute approximate surface area is 278 Å². The topological polar surface area (TPSA) is 111 Å². The van der Waals surface area contributed by atoms with E-state index in [0.717, 1.165) is 23.5 Å². The van der Waals surface area contributed by atoms with Gasteiger partial charge in [0.2, 0.25) is 10.0 Å². The van der Waals surface area contributed by atoms with Crippen molar-refractivity contribution in [2.24, 2.45) is 0 Å². The second-order valence-electron chi connectivity index (χ2n) is 11.6. The Hall–Kier alpha value is -3.14. The molecular weight excluding hydrogens is 713 g/mol. The van der Waals surface area contributed by atoms with Crippen molar-refractivity contribution in [2.45, 2.75) is 57.2 Å². The molecule has 0 radical (unpaired) electrons. The zero-order valence-corrected chi connectivity index (χ0v) is 28.8. The van der Waals surface area contributed by atoms with Crippen LogP contribution in [0.3, 0.4) is 0 Å². The average Bonchev–Trinajstić information content (AvgIpc) is 3.30. The molecule has 4 rings (SSSR count). The highest BCUT2D eigenvalue weighted by Crippen LogP contribution is 2.47. The van der Waals surface area contributed by atoms with Crippen LogP contribution in [-0.2, 0) is 36.2 Å². The van der Waals surface area contributed by atoms with E-state index < -0.39 is 57.7 Å². The zero-order chi connectivity index (χ0) is 33.9. The van der Waals surface area contributed by atoms with Crippen LogP contribution in [0, 0.1) is 0 Å². The molecule has 1 aliphatic heterocycles. The van der Waals surface area contributed by atoms with E-state index in [4.69, 9.17) is 14.2 Å². The van der Waals surface area contributed by atoms with Crippen molar-refractivity contribution >= 4 is 54.9 Å². The first kappa shape index (κ1) is 35.7. The highest BCUT2D eigenvalue weighted by atomic mass is 79.9. The van der Waals surface area contributed by atoms with Crippen LogP contribution in [0.2, 0.25) is 0 Å². The summed E-state index contributed by atoms with van der Waals surface area (Å²) in [6, 6.07) is 10.5. The largest absolute Gasteiger partial charge is 0.479 e. The smallest absolute Gasteiger partial charge is 0.416 e. The molecule has 1 fully saturated rings. The lowest BCUT2D eigenvalue weighted by Gasteiger charge is -2.35. The molecule has 1 aliphatic rings. The van der Waals surface area contributed by atoms with Crippen molar-refractivity contribution in [3.05, 3.63) is 69.0 Å². The molecule has 1 saturated heterocycles. The molecule has 2 aromatic carbocycles. The summed E-state index contributed by atoms with van der Waals surface area (Å²) in [5.74, 6) is -1.92. The number of hydrogen-bond acceptors (Lipinski definition) is 9. The Morgan fingerprint density at radius 1 is 1.07 bits per heavy atom. The van der Waals surface area contributed by atoms with Crippen molar-refractivity contribution in [2.75, 3.05) is 31.1 Å². The minimum Gasteiger partial charge on any atom is -0.479 e. The molecule has 1 aromatic heterocycles. The molecule has 9 nitrogen and oxygen atoms in total. The highest BCUT2D eigenvalue weighted by Gasteiger charge is 2.34. The quantitative estimate of drug-likeness (QED) is 0.226. The van der Waals surface area contributed by atoms with Crippen LogP contribution in [0.4, 0.5) is 18.9 Å². The molecule has 0 amide bonds. The summed E-state index contributed by atoms with van der Waals surface area (Å²) in [5.41, 5.74) is -0.817. The number of carbonyl (C=O) groups is 2. The van der Waals surface area contributed by atoms with E-state index >= 15 is 0 Å². The molecule has 46 heavy (non-hydrogen) atoms. The van der Waals surface area contributed by atoms with E-state index in [0.29, 0.717) is 46.5 Å². The number of rotatable bonds is 10. The molecule has 0 spiro atoms. The van der Waals surface area contributed by atoms with Crippen molar-refractivity contribution < 1.29 is 45.4 Å². The molecule has 0 bridgehead atoms. The molecular formula is C31H34BrF3N2O7S2. The number of hydrogen-bond donors (Lipinski definition) is 1. The number of nitrogens with zero attached hydrogens (tertiary/aromatic N) is 1. The summed E-state index contributed by atoms with van der Waals surface area (Å²) in [4.78, 5) is 25.6. The van der Waals surface area contributed by atoms with Gasteiger partial charge in [0.05, 0.1) is 33.5 Å². The van der Waals surface area contributed by atoms with Gasteiger partial charge in [0.1, 0.15) is 5.60 Å². The second-order valence-corrected chi connectivity index (χ2v) is 15.2. The summed E-state index contributed by atoms with van der Waals surface area (Å²) in [6.07, 6.45) is -3.64. The van der Waals surface area contributed by atoms with Crippen LogP contribution in [-0.4, -0.2) is 58.8 Å². The predicted octanol–water partition coefficient (Wildman–Crippen LogP) is 6.79. The molecule has 3 aromatic rings. The highest BCUT2D eigenvalue weighted by molar-refractivity contribution is 9.10. The van der Waals surface area contributed by atoms with Gasteiger partial charge in [-0.15, -0.1) is 11.3 Å².